The minimum Gasteiger partial charge on any atom is -0.376 e. The molecule has 0 bridgehead atoms. The van der Waals surface area contributed by atoms with E-state index in [9.17, 15) is 0 Å². The topological polar surface area (TPSA) is 15.3 Å². The van der Waals surface area contributed by atoms with E-state index in [4.69, 9.17) is 0 Å². The Hall–Kier alpha value is -0.540. The van der Waals surface area contributed by atoms with E-state index in [1.165, 1.54) is 42.4 Å². The van der Waals surface area contributed by atoms with Crippen LogP contribution in [0.4, 0.5) is 5.00 Å². The monoisotopic (exact) mass is 210 g/mol. The summed E-state index contributed by atoms with van der Waals surface area (Å²) in [5, 5.41) is 4.78. The first kappa shape index (κ1) is 9.99. The van der Waals surface area contributed by atoms with Gasteiger partial charge >= 0.3 is 0 Å². The van der Waals surface area contributed by atoms with Gasteiger partial charge in [-0.15, -0.1) is 11.3 Å². The summed E-state index contributed by atoms with van der Waals surface area (Å²) in [4.78, 5) is 3.92. The zero-order valence-electron chi connectivity index (χ0n) is 8.75. The lowest BCUT2D eigenvalue weighted by atomic mass is 10.4. The number of hydrogen-bond donors (Lipinski definition) is 1. The van der Waals surface area contributed by atoms with Gasteiger partial charge in [0.05, 0.1) is 5.00 Å². The number of anilines is 1. The van der Waals surface area contributed by atoms with Gasteiger partial charge in [0.2, 0.25) is 0 Å². The molecule has 1 N–H and O–H groups in total. The molecule has 0 aromatic carbocycles. The fourth-order valence-electron chi connectivity index (χ4n) is 1.87. The molecule has 1 saturated heterocycles. The molecule has 14 heavy (non-hydrogen) atoms. The molecule has 2 nitrogen and oxygen atoms in total. The van der Waals surface area contributed by atoms with Crippen LogP contribution in [-0.2, 0) is 0 Å². The van der Waals surface area contributed by atoms with Crippen LogP contribution in [0.1, 0.15) is 17.7 Å². The first-order valence-electron chi connectivity index (χ1n) is 5.37. The van der Waals surface area contributed by atoms with Crippen LogP contribution in [0.15, 0.2) is 12.1 Å². The summed E-state index contributed by atoms with van der Waals surface area (Å²) < 4.78 is 0. The van der Waals surface area contributed by atoms with E-state index in [2.05, 4.69) is 29.3 Å². The Morgan fingerprint density at radius 1 is 1.36 bits per heavy atom. The van der Waals surface area contributed by atoms with Gasteiger partial charge in [0, 0.05) is 18.0 Å². The number of thiophene rings is 1. The summed E-state index contributed by atoms with van der Waals surface area (Å²) in [5.74, 6) is 0. The lowest BCUT2D eigenvalue weighted by molar-refractivity contribution is 0.353. The van der Waals surface area contributed by atoms with Crippen molar-refractivity contribution < 1.29 is 0 Å². The molecule has 0 aliphatic carbocycles. The van der Waals surface area contributed by atoms with Crippen molar-refractivity contribution in [1.82, 2.24) is 4.90 Å². The summed E-state index contributed by atoms with van der Waals surface area (Å²) in [6.45, 7) is 7.02. The summed E-state index contributed by atoms with van der Waals surface area (Å²) in [6.07, 6.45) is 2.77. The van der Waals surface area contributed by atoms with Gasteiger partial charge in [-0.1, -0.05) is 0 Å². The van der Waals surface area contributed by atoms with Gasteiger partial charge in [0.15, 0.2) is 0 Å². The van der Waals surface area contributed by atoms with Crippen molar-refractivity contribution in [2.24, 2.45) is 0 Å². The van der Waals surface area contributed by atoms with E-state index in [-0.39, 0.29) is 0 Å². The third-order valence-corrected chi connectivity index (χ3v) is 3.62. The maximum atomic E-state index is 3.47. The molecular weight excluding hydrogens is 192 g/mol. The molecule has 0 amide bonds. The number of nitrogens with one attached hydrogen (secondary N) is 1. The normalized spacial score (nSPS) is 17.5. The van der Waals surface area contributed by atoms with Crippen LogP contribution in [0.25, 0.3) is 0 Å². The maximum Gasteiger partial charge on any atom is 0.0885 e. The van der Waals surface area contributed by atoms with E-state index >= 15 is 0 Å². The Morgan fingerprint density at radius 3 is 2.79 bits per heavy atom. The second-order valence-electron chi connectivity index (χ2n) is 3.89. The molecule has 0 unspecified atom stereocenters. The largest absolute Gasteiger partial charge is 0.376 e. The Bertz CT molecular complexity index is 277. The van der Waals surface area contributed by atoms with Gasteiger partial charge in [0.1, 0.15) is 0 Å². The third-order valence-electron chi connectivity index (χ3n) is 2.67. The van der Waals surface area contributed by atoms with Crippen LogP contribution in [0.3, 0.4) is 0 Å². The van der Waals surface area contributed by atoms with E-state index < -0.39 is 0 Å². The van der Waals surface area contributed by atoms with Crippen molar-refractivity contribution in [3.63, 3.8) is 0 Å². The molecule has 1 aromatic rings. The summed E-state index contributed by atoms with van der Waals surface area (Å²) >= 11 is 1.84. The predicted molar refractivity (Wildman–Crippen MR) is 63.2 cm³/mol. The molecule has 1 aromatic heterocycles. The van der Waals surface area contributed by atoms with Crippen molar-refractivity contribution in [1.29, 1.82) is 0 Å². The number of hydrogen-bond acceptors (Lipinski definition) is 3. The van der Waals surface area contributed by atoms with E-state index in [0.717, 1.165) is 6.54 Å². The van der Waals surface area contributed by atoms with E-state index in [0.29, 0.717) is 0 Å². The number of aryl methyl sites for hydroxylation is 1. The lowest BCUT2D eigenvalue weighted by Gasteiger charge is -2.14. The Balaban J connectivity index is 1.67. The second kappa shape index (κ2) is 4.80. The fraction of sp³-hybridized carbons (Fsp3) is 0.636. The first-order valence-corrected chi connectivity index (χ1v) is 6.19. The standard InChI is InChI=1S/C11H18N2S/c1-10-4-5-11(14-10)12-6-9-13-7-2-3-8-13/h4-5,12H,2-3,6-9H2,1H3. The number of rotatable bonds is 4. The average Bonchev–Trinajstić information content (AvgIpc) is 2.77. The van der Waals surface area contributed by atoms with Crippen molar-refractivity contribution in [3.8, 4) is 0 Å². The third kappa shape index (κ3) is 2.72. The van der Waals surface area contributed by atoms with Crippen LogP contribution in [0, 0.1) is 6.92 Å². The molecular formula is C11H18N2S. The molecule has 2 rings (SSSR count). The van der Waals surface area contributed by atoms with Crippen LogP contribution in [0.2, 0.25) is 0 Å². The van der Waals surface area contributed by atoms with Crippen molar-refractivity contribution in [2.75, 3.05) is 31.5 Å². The molecule has 0 saturated carbocycles. The molecule has 78 valence electrons. The molecule has 1 fully saturated rings. The van der Waals surface area contributed by atoms with Gasteiger partial charge in [-0.05, 0) is 45.0 Å². The zero-order chi connectivity index (χ0) is 9.80. The SMILES string of the molecule is Cc1ccc(NCCN2CCCC2)s1. The minimum atomic E-state index is 1.08. The second-order valence-corrected chi connectivity index (χ2v) is 5.17. The number of likely N-dealkylation sites (tertiary alicyclic amines) is 1. The smallest absolute Gasteiger partial charge is 0.0885 e. The highest BCUT2D eigenvalue weighted by Crippen LogP contribution is 2.20. The van der Waals surface area contributed by atoms with Crippen LogP contribution >= 0.6 is 11.3 Å². The molecule has 0 spiro atoms. The predicted octanol–water partition coefficient (Wildman–Crippen LogP) is 2.56. The van der Waals surface area contributed by atoms with Crippen LogP contribution in [-0.4, -0.2) is 31.1 Å². The van der Waals surface area contributed by atoms with Crippen molar-refractivity contribution in [3.05, 3.63) is 17.0 Å². The fourth-order valence-corrected chi connectivity index (χ4v) is 2.67. The lowest BCUT2D eigenvalue weighted by Crippen LogP contribution is -2.25. The molecule has 1 aliphatic heterocycles. The molecule has 1 aliphatic rings. The Kier molecular flexibility index (Phi) is 3.43. The molecule has 0 atom stereocenters. The Labute approximate surface area is 89.9 Å². The first-order chi connectivity index (χ1) is 6.84. The minimum absolute atomic E-state index is 1.08. The van der Waals surface area contributed by atoms with Gasteiger partial charge in [-0.2, -0.15) is 0 Å². The van der Waals surface area contributed by atoms with Gasteiger partial charge in [0.25, 0.3) is 0 Å². The highest BCUT2D eigenvalue weighted by Gasteiger charge is 2.10. The highest BCUT2D eigenvalue weighted by molar-refractivity contribution is 7.16. The van der Waals surface area contributed by atoms with Gasteiger partial charge < -0.3 is 10.2 Å². The van der Waals surface area contributed by atoms with Crippen LogP contribution in [0.5, 0.6) is 0 Å². The average molecular weight is 210 g/mol. The molecule has 2 heterocycles. The zero-order valence-corrected chi connectivity index (χ0v) is 9.57. The highest BCUT2D eigenvalue weighted by atomic mass is 32.1. The van der Waals surface area contributed by atoms with Crippen molar-refractivity contribution in [2.45, 2.75) is 19.8 Å². The molecule has 3 heteroatoms. The van der Waals surface area contributed by atoms with E-state index in [1.54, 1.807) is 0 Å². The summed E-state index contributed by atoms with van der Waals surface area (Å²) in [5.41, 5.74) is 0. The number of nitrogens with zero attached hydrogens (tertiary/aromatic N) is 1. The van der Waals surface area contributed by atoms with Crippen LogP contribution < -0.4 is 5.32 Å². The van der Waals surface area contributed by atoms with E-state index in [1.807, 2.05) is 11.3 Å². The van der Waals surface area contributed by atoms with Crippen molar-refractivity contribution >= 4 is 16.3 Å². The molecule has 0 radical (unpaired) electrons. The quantitative estimate of drug-likeness (QED) is 0.821. The summed E-state index contributed by atoms with van der Waals surface area (Å²) in [7, 11) is 0. The van der Waals surface area contributed by atoms with Gasteiger partial charge in [-0.25, -0.2) is 0 Å². The van der Waals surface area contributed by atoms with Gasteiger partial charge in [-0.3, -0.25) is 0 Å². The summed E-state index contributed by atoms with van der Waals surface area (Å²) in [6, 6.07) is 4.34. The maximum absolute atomic E-state index is 3.47. The Morgan fingerprint density at radius 2 is 2.14 bits per heavy atom.